The molecule has 0 aliphatic heterocycles. The van der Waals surface area contributed by atoms with Crippen LogP contribution in [0.25, 0.3) is 0 Å². The van der Waals surface area contributed by atoms with Crippen LogP contribution in [0.4, 0.5) is 0 Å². The second-order valence-electron chi connectivity index (χ2n) is 4.19. The molecule has 0 aliphatic rings. The van der Waals surface area contributed by atoms with E-state index in [1.165, 1.54) is 0 Å². The lowest BCUT2D eigenvalue weighted by Gasteiger charge is -2.15. The highest BCUT2D eigenvalue weighted by molar-refractivity contribution is 5.42. The lowest BCUT2D eigenvalue weighted by Crippen LogP contribution is -2.09. The molecule has 1 aromatic carbocycles. The van der Waals surface area contributed by atoms with Gasteiger partial charge in [-0.3, -0.25) is 0 Å². The minimum absolute atomic E-state index is 0.0490. The van der Waals surface area contributed by atoms with Gasteiger partial charge in [0.25, 0.3) is 0 Å². The summed E-state index contributed by atoms with van der Waals surface area (Å²) in [5.41, 5.74) is 6.95. The van der Waals surface area contributed by atoms with Crippen LogP contribution in [0.3, 0.4) is 0 Å². The number of benzene rings is 1. The van der Waals surface area contributed by atoms with Crippen molar-refractivity contribution in [1.82, 2.24) is 0 Å². The van der Waals surface area contributed by atoms with Gasteiger partial charge in [-0.15, -0.1) is 0 Å². The Balaban J connectivity index is 2.83. The normalized spacial score (nSPS) is 12.2. The monoisotopic (exact) mass is 237 g/mol. The molecule has 96 valence electrons. The third-order valence-corrected chi connectivity index (χ3v) is 2.41. The molecule has 0 fully saturated rings. The molecule has 0 heterocycles. The summed E-state index contributed by atoms with van der Waals surface area (Å²) in [6.07, 6.45) is 1.99. The van der Waals surface area contributed by atoms with Crippen LogP contribution < -0.4 is 15.2 Å². The van der Waals surface area contributed by atoms with Crippen molar-refractivity contribution in [3.63, 3.8) is 0 Å². The summed E-state index contributed by atoms with van der Waals surface area (Å²) in [6, 6.07) is 5.81. The number of hydrogen-bond donors (Lipinski definition) is 1. The number of hydrogen-bond acceptors (Lipinski definition) is 3. The molecule has 0 saturated heterocycles. The van der Waals surface area contributed by atoms with E-state index in [0.717, 1.165) is 43.1 Å². The van der Waals surface area contributed by atoms with E-state index in [1.54, 1.807) is 0 Å². The summed E-state index contributed by atoms with van der Waals surface area (Å²) < 4.78 is 11.3. The second-order valence-corrected chi connectivity index (χ2v) is 4.19. The third-order valence-electron chi connectivity index (χ3n) is 2.41. The van der Waals surface area contributed by atoms with E-state index < -0.39 is 0 Å². The van der Waals surface area contributed by atoms with Crippen molar-refractivity contribution in [3.8, 4) is 11.5 Å². The van der Waals surface area contributed by atoms with Gasteiger partial charge in [-0.25, -0.2) is 0 Å². The fourth-order valence-electron chi connectivity index (χ4n) is 1.54. The summed E-state index contributed by atoms with van der Waals surface area (Å²) in [5.74, 6) is 1.73. The summed E-state index contributed by atoms with van der Waals surface area (Å²) in [6.45, 7) is 7.58. The van der Waals surface area contributed by atoms with Crippen molar-refractivity contribution in [2.45, 2.75) is 39.7 Å². The maximum absolute atomic E-state index is 5.95. The third kappa shape index (κ3) is 4.27. The average molecular weight is 237 g/mol. The van der Waals surface area contributed by atoms with Crippen LogP contribution >= 0.6 is 0 Å². The SMILES string of the molecule is CCCOc1ccc(OCCC)c(C(C)N)c1. The zero-order valence-electron chi connectivity index (χ0n) is 11.0. The summed E-state index contributed by atoms with van der Waals surface area (Å²) in [5, 5.41) is 0. The molecule has 0 amide bonds. The lowest BCUT2D eigenvalue weighted by molar-refractivity contribution is 0.304. The molecule has 1 rings (SSSR count). The summed E-state index contributed by atoms with van der Waals surface area (Å²) in [4.78, 5) is 0. The zero-order chi connectivity index (χ0) is 12.7. The van der Waals surface area contributed by atoms with Crippen molar-refractivity contribution in [2.24, 2.45) is 5.73 Å². The van der Waals surface area contributed by atoms with E-state index in [0.29, 0.717) is 0 Å². The number of ether oxygens (including phenoxy) is 2. The smallest absolute Gasteiger partial charge is 0.124 e. The van der Waals surface area contributed by atoms with Crippen molar-refractivity contribution in [3.05, 3.63) is 23.8 Å². The molecule has 0 aliphatic carbocycles. The Kier molecular flexibility index (Phi) is 5.84. The largest absolute Gasteiger partial charge is 0.494 e. The van der Waals surface area contributed by atoms with E-state index in [-0.39, 0.29) is 6.04 Å². The molecular formula is C14H23NO2. The first-order chi connectivity index (χ1) is 8.19. The van der Waals surface area contributed by atoms with Gasteiger partial charge in [-0.05, 0) is 38.0 Å². The summed E-state index contributed by atoms with van der Waals surface area (Å²) in [7, 11) is 0. The van der Waals surface area contributed by atoms with Crippen LogP contribution in [0.1, 0.15) is 45.2 Å². The maximum atomic E-state index is 5.95. The first-order valence-corrected chi connectivity index (χ1v) is 6.34. The van der Waals surface area contributed by atoms with E-state index in [2.05, 4.69) is 13.8 Å². The van der Waals surface area contributed by atoms with Gasteiger partial charge in [0.15, 0.2) is 0 Å². The van der Waals surface area contributed by atoms with Crippen LogP contribution in [-0.2, 0) is 0 Å². The minimum atomic E-state index is -0.0490. The Morgan fingerprint density at radius 1 is 1.12 bits per heavy atom. The average Bonchev–Trinajstić information content (AvgIpc) is 2.34. The number of nitrogens with two attached hydrogens (primary N) is 1. The molecule has 0 bridgehead atoms. The van der Waals surface area contributed by atoms with E-state index in [4.69, 9.17) is 15.2 Å². The highest BCUT2D eigenvalue weighted by Gasteiger charge is 2.09. The van der Waals surface area contributed by atoms with Gasteiger partial charge in [-0.1, -0.05) is 13.8 Å². The molecule has 1 aromatic rings. The molecule has 0 saturated carbocycles. The fraction of sp³-hybridized carbons (Fsp3) is 0.571. The molecule has 1 atom stereocenters. The quantitative estimate of drug-likeness (QED) is 0.791. The van der Waals surface area contributed by atoms with Crippen molar-refractivity contribution in [2.75, 3.05) is 13.2 Å². The predicted molar refractivity (Wildman–Crippen MR) is 70.6 cm³/mol. The van der Waals surface area contributed by atoms with Gasteiger partial charge in [0.05, 0.1) is 13.2 Å². The van der Waals surface area contributed by atoms with Crippen LogP contribution in [0, 0.1) is 0 Å². The van der Waals surface area contributed by atoms with E-state index in [9.17, 15) is 0 Å². The van der Waals surface area contributed by atoms with Gasteiger partial charge in [0, 0.05) is 11.6 Å². The van der Waals surface area contributed by atoms with Gasteiger partial charge < -0.3 is 15.2 Å². The molecule has 2 N–H and O–H groups in total. The molecule has 17 heavy (non-hydrogen) atoms. The highest BCUT2D eigenvalue weighted by atomic mass is 16.5. The molecule has 0 radical (unpaired) electrons. The Hall–Kier alpha value is -1.22. The molecule has 0 spiro atoms. The van der Waals surface area contributed by atoms with Crippen molar-refractivity contribution >= 4 is 0 Å². The zero-order valence-corrected chi connectivity index (χ0v) is 11.0. The molecule has 3 heteroatoms. The van der Waals surface area contributed by atoms with Crippen LogP contribution in [0.2, 0.25) is 0 Å². The van der Waals surface area contributed by atoms with Crippen molar-refractivity contribution in [1.29, 1.82) is 0 Å². The van der Waals surface area contributed by atoms with Gasteiger partial charge in [-0.2, -0.15) is 0 Å². The second kappa shape index (κ2) is 7.17. The first kappa shape index (κ1) is 13.8. The Bertz CT molecular complexity index is 337. The lowest BCUT2D eigenvalue weighted by atomic mass is 10.1. The Morgan fingerprint density at radius 2 is 1.76 bits per heavy atom. The van der Waals surface area contributed by atoms with Crippen LogP contribution in [0.5, 0.6) is 11.5 Å². The van der Waals surface area contributed by atoms with E-state index >= 15 is 0 Å². The van der Waals surface area contributed by atoms with Crippen molar-refractivity contribution < 1.29 is 9.47 Å². The van der Waals surface area contributed by atoms with Gasteiger partial charge in [0.2, 0.25) is 0 Å². The Labute approximate surface area is 104 Å². The Morgan fingerprint density at radius 3 is 2.35 bits per heavy atom. The first-order valence-electron chi connectivity index (χ1n) is 6.34. The van der Waals surface area contributed by atoms with Crippen LogP contribution in [-0.4, -0.2) is 13.2 Å². The fourth-order valence-corrected chi connectivity index (χ4v) is 1.54. The molecular weight excluding hydrogens is 214 g/mol. The van der Waals surface area contributed by atoms with Gasteiger partial charge >= 0.3 is 0 Å². The van der Waals surface area contributed by atoms with Gasteiger partial charge in [0.1, 0.15) is 11.5 Å². The molecule has 0 aromatic heterocycles. The van der Waals surface area contributed by atoms with Crippen LogP contribution in [0.15, 0.2) is 18.2 Å². The van der Waals surface area contributed by atoms with E-state index in [1.807, 2.05) is 25.1 Å². The molecule has 1 unspecified atom stereocenters. The minimum Gasteiger partial charge on any atom is -0.494 e. The predicted octanol–water partition coefficient (Wildman–Crippen LogP) is 3.28. The number of rotatable bonds is 7. The highest BCUT2D eigenvalue weighted by Crippen LogP contribution is 2.28. The standard InChI is InChI=1S/C14H23NO2/c1-4-8-16-12-6-7-14(17-9-5-2)13(10-12)11(3)15/h6-7,10-11H,4-5,8-9,15H2,1-3H3. The molecule has 3 nitrogen and oxygen atoms in total. The topological polar surface area (TPSA) is 44.5 Å². The maximum Gasteiger partial charge on any atom is 0.124 e. The summed E-state index contributed by atoms with van der Waals surface area (Å²) >= 11 is 0.